The Hall–Kier alpha value is -3.87. The van der Waals surface area contributed by atoms with Gasteiger partial charge in [-0.25, -0.2) is 26.4 Å². The third kappa shape index (κ3) is 13.9. The van der Waals surface area contributed by atoms with Crippen molar-refractivity contribution in [3.05, 3.63) is 45.5 Å². The highest BCUT2D eigenvalue weighted by molar-refractivity contribution is 7.91. The van der Waals surface area contributed by atoms with E-state index in [0.29, 0.717) is 0 Å². The summed E-state index contributed by atoms with van der Waals surface area (Å²) < 4.78 is 95.5. The van der Waals surface area contributed by atoms with Gasteiger partial charge in [0.25, 0.3) is 10.3 Å². The molecule has 0 radical (unpaired) electrons. The Morgan fingerprint density at radius 2 is 1.13 bits per heavy atom. The number of fused-ring (bicyclic) bond motifs is 1. The minimum Gasteiger partial charge on any atom is -0.460 e. The number of aliphatic hydroxyl groups is 2. The maximum atomic E-state index is 13.4. The van der Waals surface area contributed by atoms with Crippen LogP contribution in [-0.2, 0) is 61.2 Å². The average molecular weight is 1170 g/mol. The molecule has 0 bridgehead atoms. The average Bonchev–Trinajstić information content (AvgIpc) is 3.79. The highest BCUT2D eigenvalue weighted by Crippen LogP contribution is 2.49. The molecule has 5 aliphatic heterocycles. The molecule has 0 aromatic carbocycles. The molecule has 7 rings (SSSR count). The van der Waals surface area contributed by atoms with Crippen molar-refractivity contribution < 1.29 is 68.6 Å². The molecule has 7 heterocycles. The molecule has 0 saturated carbocycles. The van der Waals surface area contributed by atoms with Crippen molar-refractivity contribution in [1.82, 2.24) is 28.9 Å². The Morgan fingerprint density at radius 3 is 1.52 bits per heavy atom. The van der Waals surface area contributed by atoms with Crippen LogP contribution in [0.15, 0.2) is 34.1 Å². The van der Waals surface area contributed by atoms with Gasteiger partial charge in [-0.1, -0.05) is 55.4 Å². The second-order valence-corrected chi connectivity index (χ2v) is 34.4. The van der Waals surface area contributed by atoms with Crippen molar-refractivity contribution in [3.8, 4) is 0 Å². The number of aliphatic hydroxyl groups excluding tert-OH is 2. The first-order chi connectivity index (χ1) is 35.0. The van der Waals surface area contributed by atoms with Crippen molar-refractivity contribution >= 4 is 95.0 Å². The molecule has 5 aliphatic rings. The number of nitrogens with one attached hydrogen (secondary N) is 2. The molecule has 0 aliphatic carbocycles. The van der Waals surface area contributed by atoms with Gasteiger partial charge >= 0.3 is 28.5 Å². The lowest BCUT2D eigenvalue weighted by molar-refractivity contribution is -0.115. The number of aromatic nitrogens is 4. The Kier molecular flexibility index (Phi) is 19.7. The number of anilines is 2. The second kappa shape index (κ2) is 24.4. The van der Waals surface area contributed by atoms with Gasteiger partial charge in [0.05, 0.1) is 36.2 Å². The van der Waals surface area contributed by atoms with Crippen LogP contribution in [0.25, 0.3) is 0 Å². The third-order valence-corrected chi connectivity index (χ3v) is 27.8. The molecule has 25 nitrogen and oxygen atoms in total. The first-order valence-corrected chi connectivity index (χ1v) is 33.1. The van der Waals surface area contributed by atoms with Crippen LogP contribution in [0, 0.1) is 0 Å². The molecule has 5 saturated heterocycles. The molecule has 0 spiro atoms. The van der Waals surface area contributed by atoms with E-state index in [4.69, 9.17) is 56.4 Å². The second-order valence-electron chi connectivity index (χ2n) is 20.2. The molecule has 420 valence electrons. The topological polar surface area (TPSA) is 308 Å². The summed E-state index contributed by atoms with van der Waals surface area (Å²) in [6, 6.07) is 2.88. The number of hydrogen-bond acceptors (Lipinski definition) is 21. The quantitative estimate of drug-likeness (QED) is 0.182. The van der Waals surface area contributed by atoms with E-state index in [0.717, 1.165) is 4.57 Å². The number of hydrogen-bond donors (Lipinski definition) is 4. The van der Waals surface area contributed by atoms with Gasteiger partial charge in [-0.05, 0) is 58.7 Å². The molecule has 2 unspecified atom stereocenters. The Bertz CT molecular complexity index is 2730. The molecule has 8 atom stereocenters. The fourth-order valence-corrected chi connectivity index (χ4v) is 23.8. The van der Waals surface area contributed by atoms with Gasteiger partial charge in [0, 0.05) is 52.4 Å². The summed E-state index contributed by atoms with van der Waals surface area (Å²) in [5.41, 5.74) is -1.12. The van der Waals surface area contributed by atoms with Crippen molar-refractivity contribution in [1.29, 1.82) is 0 Å². The van der Waals surface area contributed by atoms with Crippen LogP contribution in [0.2, 0.25) is 22.2 Å². The number of sulfone groups is 2. The maximum Gasteiger partial charge on any atom is 0.351 e. The highest BCUT2D eigenvalue weighted by atomic mass is 32.2. The maximum absolute atomic E-state index is 13.4. The van der Waals surface area contributed by atoms with Crippen molar-refractivity contribution in [2.24, 2.45) is 0 Å². The summed E-state index contributed by atoms with van der Waals surface area (Å²) in [5, 5.41) is 24.9. The van der Waals surface area contributed by atoms with Crippen molar-refractivity contribution in [2.45, 2.75) is 140 Å². The zero-order chi connectivity index (χ0) is 55.5. The molecule has 2 aromatic heterocycles. The van der Waals surface area contributed by atoms with E-state index >= 15 is 0 Å². The number of carbonyl (C=O) groups excluding carboxylic acids is 2. The lowest BCUT2D eigenvalue weighted by Gasteiger charge is -2.51. The van der Waals surface area contributed by atoms with Gasteiger partial charge in [-0.2, -0.15) is 9.97 Å². The lowest BCUT2D eigenvalue weighted by Crippen LogP contribution is -2.66. The summed E-state index contributed by atoms with van der Waals surface area (Å²) in [5.74, 6) is -0.818. The van der Waals surface area contributed by atoms with Crippen molar-refractivity contribution in [3.63, 3.8) is 0 Å². The fraction of sp³-hybridized carbons (Fsp3) is 0.727. The zero-order valence-corrected chi connectivity index (χ0v) is 48.9. The summed E-state index contributed by atoms with van der Waals surface area (Å²) >= 11 is 11.0. The summed E-state index contributed by atoms with van der Waals surface area (Å²) in [6.07, 6.45) is -5.16. The largest absolute Gasteiger partial charge is 0.460 e. The standard InChI is InChI=1S/C28H48N4O9S2Si2.C16H22N4O8S2/c1-17(2)44(18(3)4)37-16-22-24(40-45(41-44,19(5)6)20(7)8)25(39-28(42)31-12-14-43(35,36)15-13-31)26(38-22)32-11-10-23(29-21(9)33)30-27(32)34;1-9(22)17-11-2-3-20(15(24)18-11)14-13(12(23)10(8-21)27-14)28-16(29)19-4-6-30(25,26)7-5-19/h10-11,17-20,22,24-26H,12-16H2,1-9H3,(H,29,30,33,34);2-3,10,12-14,21,23H,4-8H2,1H3,(H,17,18,22,24)/t22-,24?,25+,26-;10-,12?,13+,14-/m11/s1. The van der Waals surface area contributed by atoms with E-state index in [1.807, 2.05) is 0 Å². The van der Waals surface area contributed by atoms with Crippen LogP contribution in [0.4, 0.5) is 11.6 Å². The number of carbonyl (C=O) groups is 2. The molecule has 31 heteroatoms. The van der Waals surface area contributed by atoms with Crippen LogP contribution in [0.5, 0.6) is 0 Å². The van der Waals surface area contributed by atoms with E-state index in [1.54, 1.807) is 9.80 Å². The predicted molar refractivity (Wildman–Crippen MR) is 286 cm³/mol. The van der Waals surface area contributed by atoms with E-state index in [9.17, 15) is 46.2 Å². The monoisotopic (exact) mass is 1170 g/mol. The summed E-state index contributed by atoms with van der Waals surface area (Å²) in [7, 11) is -12.2. The molecule has 2 amide bonds. The number of ether oxygens (including phenoxy) is 4. The van der Waals surface area contributed by atoms with Gasteiger partial charge in [-0.3, -0.25) is 18.7 Å². The fourth-order valence-electron chi connectivity index (χ4n) is 9.58. The van der Waals surface area contributed by atoms with Crippen LogP contribution >= 0.6 is 24.4 Å². The van der Waals surface area contributed by atoms with Gasteiger partial charge in [-0.15, -0.1) is 0 Å². The van der Waals surface area contributed by atoms with Crippen LogP contribution in [0.3, 0.4) is 0 Å². The zero-order valence-electron chi connectivity index (χ0n) is 43.6. The van der Waals surface area contributed by atoms with Crippen LogP contribution in [-0.4, -0.2) is 194 Å². The summed E-state index contributed by atoms with van der Waals surface area (Å²) in [4.78, 5) is 59.5. The SMILES string of the molecule is CC(=O)Nc1ccn([C@@H]2O[C@@H]3CO[Si](C(C)C)(C(C)C)O[Si](C(C)C)(C(C)C)OC3[C@@H]2OC(=S)N2CCS(=O)(=O)CC2)c(=O)n1.CC(=O)Nc1ccn([C@@H]2O[C@H](CO)C(O)[C@@H]2OC(=S)N2CCS(=O)(=O)CC2)c(=O)n1. The number of amides is 2. The molecule has 75 heavy (non-hydrogen) atoms. The van der Waals surface area contributed by atoms with Crippen LogP contribution in [0.1, 0.15) is 81.7 Å². The predicted octanol–water partition coefficient (Wildman–Crippen LogP) is 1.31. The lowest BCUT2D eigenvalue weighted by atomic mass is 10.1. The minimum atomic E-state index is -3.15. The Morgan fingerprint density at radius 1 is 0.720 bits per heavy atom. The third-order valence-electron chi connectivity index (χ3n) is 13.6. The molecule has 5 fully saturated rings. The smallest absolute Gasteiger partial charge is 0.351 e. The molecular weight excluding hydrogens is 1100 g/mol. The number of rotatable bonds is 11. The van der Waals surface area contributed by atoms with Crippen molar-refractivity contribution in [2.75, 3.05) is 73.0 Å². The minimum absolute atomic E-state index is 0.0319. The first-order valence-electron chi connectivity index (χ1n) is 24.7. The van der Waals surface area contributed by atoms with E-state index in [-0.39, 0.29) is 106 Å². The number of thiocarbonyl (C=S) groups is 2. The van der Waals surface area contributed by atoms with Gasteiger partial charge < -0.3 is 62.6 Å². The van der Waals surface area contributed by atoms with Crippen LogP contribution < -0.4 is 22.0 Å². The summed E-state index contributed by atoms with van der Waals surface area (Å²) in [6.45, 7) is 19.9. The highest BCUT2D eigenvalue weighted by Gasteiger charge is 2.63. The first kappa shape index (κ1) is 60.4. The molecule has 4 N–H and O–H groups in total. The molecular formula is C44H70N8O17S4Si2. The van der Waals surface area contributed by atoms with E-state index in [2.05, 4.69) is 76.0 Å². The molecule has 2 aromatic rings. The van der Waals surface area contributed by atoms with Gasteiger partial charge in [0.15, 0.2) is 44.3 Å². The number of nitrogens with zero attached hydrogens (tertiary/aromatic N) is 6. The Labute approximate surface area is 449 Å². The van der Waals surface area contributed by atoms with Gasteiger partial charge in [0.1, 0.15) is 36.1 Å². The van der Waals surface area contributed by atoms with Gasteiger partial charge in [0.2, 0.25) is 11.8 Å². The van der Waals surface area contributed by atoms with E-state index < -0.39 is 110 Å². The normalized spacial score (nSPS) is 27.9. The Balaban J connectivity index is 0.000000264. The van der Waals surface area contributed by atoms with E-state index in [1.165, 1.54) is 42.9 Å².